The Bertz CT molecular complexity index is 3190. The van der Waals surface area contributed by atoms with Gasteiger partial charge in [0.1, 0.15) is 5.65 Å². The molecular formula is C49H30N2. The number of rotatable bonds is 3. The second-order valence-electron chi connectivity index (χ2n) is 13.5. The summed E-state index contributed by atoms with van der Waals surface area (Å²) < 4.78 is 2.34. The van der Waals surface area contributed by atoms with Gasteiger partial charge in [-0.25, -0.2) is 4.98 Å². The van der Waals surface area contributed by atoms with Crippen molar-refractivity contribution in [3.63, 3.8) is 0 Å². The fourth-order valence-corrected chi connectivity index (χ4v) is 8.42. The lowest BCUT2D eigenvalue weighted by molar-refractivity contribution is 1.31. The van der Waals surface area contributed by atoms with Crippen LogP contribution in [0.5, 0.6) is 0 Å². The highest BCUT2D eigenvalue weighted by molar-refractivity contribution is 6.23. The van der Waals surface area contributed by atoms with Crippen LogP contribution in [0.1, 0.15) is 0 Å². The summed E-state index contributed by atoms with van der Waals surface area (Å²) in [6.45, 7) is 0. The predicted molar refractivity (Wildman–Crippen MR) is 217 cm³/mol. The first-order valence-electron chi connectivity index (χ1n) is 17.6. The highest BCUT2D eigenvalue weighted by Gasteiger charge is 2.20. The molecule has 0 saturated carbocycles. The molecule has 0 aliphatic heterocycles. The van der Waals surface area contributed by atoms with Gasteiger partial charge in [-0.15, -0.1) is 0 Å². The van der Waals surface area contributed by atoms with Crippen molar-refractivity contribution in [3.05, 3.63) is 182 Å². The molecule has 0 aliphatic carbocycles. The lowest BCUT2D eigenvalue weighted by Crippen LogP contribution is -1.94. The van der Waals surface area contributed by atoms with Crippen LogP contribution < -0.4 is 0 Å². The van der Waals surface area contributed by atoms with E-state index in [1.54, 1.807) is 0 Å². The van der Waals surface area contributed by atoms with Gasteiger partial charge in [-0.3, -0.25) is 4.40 Å². The summed E-state index contributed by atoms with van der Waals surface area (Å²) in [5.41, 5.74) is 11.7. The van der Waals surface area contributed by atoms with Crippen molar-refractivity contribution >= 4 is 70.7 Å². The largest absolute Gasteiger partial charge is 0.292 e. The van der Waals surface area contributed by atoms with Crippen molar-refractivity contribution in [2.45, 2.75) is 0 Å². The first-order valence-corrected chi connectivity index (χ1v) is 17.6. The maximum absolute atomic E-state index is 5.11. The zero-order chi connectivity index (χ0) is 33.5. The van der Waals surface area contributed by atoms with Crippen LogP contribution in [-0.4, -0.2) is 9.38 Å². The smallest absolute Gasteiger partial charge is 0.146 e. The Balaban J connectivity index is 1.28. The van der Waals surface area contributed by atoms with Gasteiger partial charge in [-0.1, -0.05) is 146 Å². The SMILES string of the molecule is c1ccc(-c2ccc3c(-c4ccc5ccccc5c4)c4ccccc4c(-c4ccc5c(c4)c4ccccc4c4nc6ccccc6n54)c3c2)cc1. The van der Waals surface area contributed by atoms with Crippen LogP contribution in [0.15, 0.2) is 182 Å². The third kappa shape index (κ3) is 4.20. The van der Waals surface area contributed by atoms with Crippen molar-refractivity contribution < 1.29 is 0 Å². The summed E-state index contributed by atoms with van der Waals surface area (Å²) in [6.07, 6.45) is 0. The molecule has 51 heavy (non-hydrogen) atoms. The first-order chi connectivity index (χ1) is 25.3. The van der Waals surface area contributed by atoms with Crippen molar-refractivity contribution in [1.29, 1.82) is 0 Å². The quantitative estimate of drug-likeness (QED) is 0.138. The number of pyridine rings is 1. The fourth-order valence-electron chi connectivity index (χ4n) is 8.42. The van der Waals surface area contributed by atoms with Gasteiger partial charge >= 0.3 is 0 Å². The Morgan fingerprint density at radius 3 is 1.75 bits per heavy atom. The van der Waals surface area contributed by atoms with Crippen molar-refractivity contribution in [2.24, 2.45) is 0 Å². The summed E-state index contributed by atoms with van der Waals surface area (Å²) in [7, 11) is 0. The standard InChI is InChI=1S/C49H30N2/c1-2-12-31(13-3-1)34-24-26-40-43(29-34)48(39-18-8-7-17-38(39)47(40)35-23-22-32-14-4-5-15-33(32)28-35)36-25-27-45-42(30-36)37-16-6-9-19-41(37)49-50-44-20-10-11-21-46(44)51(45)49/h1-30H. The minimum atomic E-state index is 0.996. The molecule has 0 amide bonds. The van der Waals surface area contributed by atoms with Crippen LogP contribution in [0.4, 0.5) is 0 Å². The number of para-hydroxylation sites is 2. The minimum absolute atomic E-state index is 0.996. The average molecular weight is 647 g/mol. The van der Waals surface area contributed by atoms with Crippen molar-refractivity contribution in [1.82, 2.24) is 9.38 Å². The number of nitrogens with zero attached hydrogens (tertiary/aromatic N) is 2. The Morgan fingerprint density at radius 1 is 0.314 bits per heavy atom. The van der Waals surface area contributed by atoms with E-state index >= 15 is 0 Å². The summed E-state index contributed by atoms with van der Waals surface area (Å²) >= 11 is 0. The van der Waals surface area contributed by atoms with Gasteiger partial charge in [0.15, 0.2) is 0 Å². The molecule has 0 radical (unpaired) electrons. The molecule has 0 bridgehead atoms. The topological polar surface area (TPSA) is 17.3 Å². The highest BCUT2D eigenvalue weighted by Crippen LogP contribution is 2.46. The summed E-state index contributed by atoms with van der Waals surface area (Å²) in [6, 6.07) is 66.5. The van der Waals surface area contributed by atoms with Gasteiger partial charge in [0.2, 0.25) is 0 Å². The van der Waals surface area contributed by atoms with Crippen LogP contribution in [-0.2, 0) is 0 Å². The maximum Gasteiger partial charge on any atom is 0.146 e. The van der Waals surface area contributed by atoms with Crippen LogP contribution in [0.2, 0.25) is 0 Å². The number of benzene rings is 9. The van der Waals surface area contributed by atoms with Gasteiger partial charge in [0, 0.05) is 10.8 Å². The molecule has 2 heteroatoms. The lowest BCUT2D eigenvalue weighted by atomic mass is 9.84. The third-order valence-corrected chi connectivity index (χ3v) is 10.7. The van der Waals surface area contributed by atoms with E-state index in [1.807, 2.05) is 0 Å². The second-order valence-corrected chi connectivity index (χ2v) is 13.5. The van der Waals surface area contributed by atoms with E-state index in [2.05, 4.69) is 186 Å². The molecule has 0 N–H and O–H groups in total. The zero-order valence-electron chi connectivity index (χ0n) is 27.7. The number of aromatic nitrogens is 2. The van der Waals surface area contributed by atoms with Crippen LogP contribution in [0.25, 0.3) is 104 Å². The molecule has 0 atom stereocenters. The highest BCUT2D eigenvalue weighted by atomic mass is 15.0. The lowest BCUT2D eigenvalue weighted by Gasteiger charge is -2.19. The number of fused-ring (bicyclic) bond motifs is 11. The summed E-state index contributed by atoms with van der Waals surface area (Å²) in [5.74, 6) is 0. The van der Waals surface area contributed by atoms with Crippen molar-refractivity contribution in [3.8, 4) is 33.4 Å². The average Bonchev–Trinajstić information content (AvgIpc) is 3.60. The van der Waals surface area contributed by atoms with Crippen LogP contribution in [0, 0.1) is 0 Å². The molecule has 11 aromatic rings. The van der Waals surface area contributed by atoms with E-state index in [0.29, 0.717) is 0 Å². The molecular weight excluding hydrogens is 617 g/mol. The van der Waals surface area contributed by atoms with E-state index in [4.69, 9.17) is 4.98 Å². The van der Waals surface area contributed by atoms with Crippen LogP contribution >= 0.6 is 0 Å². The van der Waals surface area contributed by atoms with E-state index in [9.17, 15) is 0 Å². The molecule has 2 heterocycles. The molecule has 0 unspecified atom stereocenters. The van der Waals surface area contributed by atoms with Crippen LogP contribution in [0.3, 0.4) is 0 Å². The molecule has 2 nitrogen and oxygen atoms in total. The number of hydrogen-bond donors (Lipinski definition) is 0. The van der Waals surface area contributed by atoms with E-state index in [1.165, 1.54) is 76.5 Å². The monoisotopic (exact) mass is 646 g/mol. The van der Waals surface area contributed by atoms with Crippen molar-refractivity contribution in [2.75, 3.05) is 0 Å². The van der Waals surface area contributed by atoms with Gasteiger partial charge in [-0.05, 0) is 107 Å². The Labute approximate surface area is 294 Å². The molecule has 0 fully saturated rings. The Hall–Kier alpha value is -6.77. The third-order valence-electron chi connectivity index (χ3n) is 10.7. The molecule has 11 rings (SSSR count). The fraction of sp³-hybridized carbons (Fsp3) is 0. The molecule has 9 aromatic carbocycles. The summed E-state index contributed by atoms with van der Waals surface area (Å²) in [4.78, 5) is 5.11. The molecule has 2 aromatic heterocycles. The Kier molecular flexibility index (Phi) is 5.99. The van der Waals surface area contributed by atoms with Gasteiger partial charge in [0.05, 0.1) is 16.6 Å². The maximum atomic E-state index is 5.11. The van der Waals surface area contributed by atoms with Gasteiger partial charge in [0.25, 0.3) is 0 Å². The second kappa shape index (κ2) is 10.9. The summed E-state index contributed by atoms with van der Waals surface area (Å²) in [5, 5.41) is 11.1. The molecule has 0 saturated heterocycles. The van der Waals surface area contributed by atoms with Gasteiger partial charge in [-0.2, -0.15) is 0 Å². The minimum Gasteiger partial charge on any atom is -0.292 e. The normalized spacial score (nSPS) is 11.9. The van der Waals surface area contributed by atoms with E-state index < -0.39 is 0 Å². The van der Waals surface area contributed by atoms with E-state index in [0.717, 1.165) is 27.6 Å². The zero-order valence-corrected chi connectivity index (χ0v) is 27.7. The predicted octanol–water partition coefficient (Wildman–Crippen LogP) is 13.3. The van der Waals surface area contributed by atoms with E-state index in [-0.39, 0.29) is 0 Å². The van der Waals surface area contributed by atoms with Gasteiger partial charge < -0.3 is 0 Å². The molecule has 236 valence electrons. The molecule has 0 spiro atoms. The first kappa shape index (κ1) is 28.1. The number of imidazole rings is 1. The molecule has 0 aliphatic rings. The Morgan fingerprint density at radius 2 is 0.902 bits per heavy atom. The number of hydrogen-bond acceptors (Lipinski definition) is 1.